The molecule has 1 aromatic carbocycles. The normalized spacial score (nSPS) is 14.7. The summed E-state index contributed by atoms with van der Waals surface area (Å²) in [6.45, 7) is 1.34. The first-order valence-electron chi connectivity index (χ1n) is 5.06. The largest absolute Gasteiger partial charge is 0.336 e. The molecule has 2 N–H and O–H groups in total. The van der Waals surface area contributed by atoms with Crippen LogP contribution >= 0.6 is 0 Å². The Labute approximate surface area is 102 Å². The number of benzene rings is 1. The molecule has 0 bridgehead atoms. The SMILES string of the molecule is CC(=O)Nc1cccc(N2C(=O)NC(=O)C2=O)c1. The number of carbonyl (C=O) groups excluding carboxylic acids is 4. The van der Waals surface area contributed by atoms with Gasteiger partial charge in [-0.05, 0) is 18.2 Å². The van der Waals surface area contributed by atoms with E-state index >= 15 is 0 Å². The zero-order valence-corrected chi connectivity index (χ0v) is 9.39. The van der Waals surface area contributed by atoms with E-state index in [4.69, 9.17) is 0 Å². The lowest BCUT2D eigenvalue weighted by molar-refractivity contribution is -0.134. The molecule has 7 heteroatoms. The summed E-state index contributed by atoms with van der Waals surface area (Å²) in [4.78, 5) is 45.5. The van der Waals surface area contributed by atoms with Crippen molar-refractivity contribution in [3.8, 4) is 0 Å². The first-order valence-corrected chi connectivity index (χ1v) is 5.06. The van der Waals surface area contributed by atoms with Gasteiger partial charge in [0, 0.05) is 12.6 Å². The number of nitrogens with one attached hydrogen (secondary N) is 2. The van der Waals surface area contributed by atoms with Gasteiger partial charge >= 0.3 is 17.8 Å². The molecular formula is C11H9N3O4. The third-order valence-electron chi connectivity index (χ3n) is 2.25. The standard InChI is InChI=1S/C11H9N3O4/c1-6(15)12-7-3-2-4-8(5-7)14-10(17)9(16)13-11(14)18/h2-5H,1H3,(H,12,15)(H,13,16,18). The predicted octanol–water partition coefficient (Wildman–Crippen LogP) is 0.228. The van der Waals surface area contributed by atoms with Gasteiger partial charge in [-0.2, -0.15) is 0 Å². The van der Waals surface area contributed by atoms with Crippen LogP contribution in [0, 0.1) is 0 Å². The van der Waals surface area contributed by atoms with Crippen LogP contribution in [0.4, 0.5) is 16.2 Å². The van der Waals surface area contributed by atoms with Crippen LogP contribution < -0.4 is 15.5 Å². The Balaban J connectivity index is 2.34. The zero-order chi connectivity index (χ0) is 13.3. The van der Waals surface area contributed by atoms with Gasteiger partial charge in [0.1, 0.15) is 0 Å². The maximum atomic E-state index is 11.5. The molecule has 7 nitrogen and oxygen atoms in total. The van der Waals surface area contributed by atoms with Gasteiger partial charge in [-0.3, -0.25) is 19.7 Å². The number of amides is 5. The molecular weight excluding hydrogens is 238 g/mol. The molecule has 0 unspecified atom stereocenters. The fourth-order valence-electron chi connectivity index (χ4n) is 1.56. The van der Waals surface area contributed by atoms with Crippen LogP contribution in [0.15, 0.2) is 24.3 Å². The summed E-state index contributed by atoms with van der Waals surface area (Å²) >= 11 is 0. The van der Waals surface area contributed by atoms with Crippen molar-refractivity contribution in [1.29, 1.82) is 0 Å². The van der Waals surface area contributed by atoms with Gasteiger partial charge in [0.05, 0.1) is 5.69 Å². The highest BCUT2D eigenvalue weighted by Crippen LogP contribution is 2.21. The van der Waals surface area contributed by atoms with Crippen LogP contribution in [0.1, 0.15) is 6.92 Å². The quantitative estimate of drug-likeness (QED) is 0.577. The van der Waals surface area contributed by atoms with Crippen LogP contribution in [0.5, 0.6) is 0 Å². The molecule has 1 fully saturated rings. The molecule has 1 heterocycles. The van der Waals surface area contributed by atoms with Crippen LogP contribution in [0.25, 0.3) is 0 Å². The van der Waals surface area contributed by atoms with Gasteiger partial charge in [0.15, 0.2) is 0 Å². The molecule has 5 amide bonds. The van der Waals surface area contributed by atoms with E-state index in [1.165, 1.54) is 19.1 Å². The number of rotatable bonds is 2. The van der Waals surface area contributed by atoms with E-state index in [0.717, 1.165) is 0 Å². The van der Waals surface area contributed by atoms with Gasteiger partial charge in [-0.1, -0.05) is 6.07 Å². The average molecular weight is 247 g/mol. The number of hydrogen-bond donors (Lipinski definition) is 2. The minimum Gasteiger partial charge on any atom is -0.326 e. The van der Waals surface area contributed by atoms with Gasteiger partial charge < -0.3 is 5.32 Å². The monoisotopic (exact) mass is 247 g/mol. The number of imide groups is 2. The van der Waals surface area contributed by atoms with E-state index in [-0.39, 0.29) is 11.6 Å². The maximum absolute atomic E-state index is 11.5. The first kappa shape index (κ1) is 11.8. The highest BCUT2D eigenvalue weighted by atomic mass is 16.2. The summed E-state index contributed by atoms with van der Waals surface area (Å²) in [6, 6.07) is 5.28. The Kier molecular flexibility index (Phi) is 2.80. The minimum atomic E-state index is -0.968. The Hall–Kier alpha value is -2.70. The van der Waals surface area contributed by atoms with E-state index in [1.54, 1.807) is 12.1 Å². The second kappa shape index (κ2) is 4.28. The van der Waals surface area contributed by atoms with E-state index in [1.807, 2.05) is 5.32 Å². The molecule has 0 aromatic heterocycles. The van der Waals surface area contributed by atoms with E-state index in [0.29, 0.717) is 10.6 Å². The molecule has 0 aliphatic carbocycles. The van der Waals surface area contributed by atoms with E-state index in [2.05, 4.69) is 5.32 Å². The van der Waals surface area contributed by atoms with Crippen molar-refractivity contribution in [1.82, 2.24) is 5.32 Å². The number of urea groups is 1. The topological polar surface area (TPSA) is 95.6 Å². The fraction of sp³-hybridized carbons (Fsp3) is 0.0909. The summed E-state index contributed by atoms with van der Waals surface area (Å²) in [6.07, 6.45) is 0. The molecule has 1 aromatic rings. The summed E-state index contributed by atoms with van der Waals surface area (Å²) in [7, 11) is 0. The number of anilines is 2. The smallest absolute Gasteiger partial charge is 0.326 e. The van der Waals surface area contributed by atoms with Crippen molar-refractivity contribution < 1.29 is 19.2 Å². The summed E-state index contributed by atoms with van der Waals surface area (Å²) < 4.78 is 0. The van der Waals surface area contributed by atoms with Gasteiger partial charge in [0.25, 0.3) is 0 Å². The molecule has 0 saturated carbocycles. The van der Waals surface area contributed by atoms with Crippen LogP contribution in [0.3, 0.4) is 0 Å². The second-order valence-electron chi connectivity index (χ2n) is 3.63. The summed E-state index contributed by atoms with van der Waals surface area (Å²) in [5.74, 6) is -2.19. The average Bonchev–Trinajstić information content (AvgIpc) is 2.52. The molecule has 0 radical (unpaired) electrons. The Morgan fingerprint density at radius 3 is 2.56 bits per heavy atom. The van der Waals surface area contributed by atoms with Crippen LogP contribution in [-0.2, 0) is 14.4 Å². The third-order valence-corrected chi connectivity index (χ3v) is 2.25. The minimum absolute atomic E-state index is 0.217. The van der Waals surface area contributed by atoms with Crippen LogP contribution in [-0.4, -0.2) is 23.8 Å². The lowest BCUT2D eigenvalue weighted by atomic mass is 10.2. The Morgan fingerprint density at radius 2 is 2.00 bits per heavy atom. The molecule has 0 atom stereocenters. The van der Waals surface area contributed by atoms with Crippen molar-refractivity contribution in [2.24, 2.45) is 0 Å². The van der Waals surface area contributed by atoms with E-state index in [9.17, 15) is 19.2 Å². The molecule has 18 heavy (non-hydrogen) atoms. The van der Waals surface area contributed by atoms with Gasteiger partial charge in [-0.15, -0.1) is 0 Å². The van der Waals surface area contributed by atoms with Crippen LogP contribution in [0.2, 0.25) is 0 Å². The van der Waals surface area contributed by atoms with Crippen molar-refractivity contribution in [3.63, 3.8) is 0 Å². The summed E-state index contributed by atoms with van der Waals surface area (Å²) in [5.41, 5.74) is 0.648. The Morgan fingerprint density at radius 1 is 1.28 bits per heavy atom. The van der Waals surface area contributed by atoms with Crippen molar-refractivity contribution in [2.45, 2.75) is 6.92 Å². The maximum Gasteiger partial charge on any atom is 0.336 e. The molecule has 0 spiro atoms. The molecule has 1 aliphatic heterocycles. The van der Waals surface area contributed by atoms with Crippen molar-refractivity contribution in [3.05, 3.63) is 24.3 Å². The first-order chi connectivity index (χ1) is 8.49. The number of nitrogens with zero attached hydrogens (tertiary/aromatic N) is 1. The van der Waals surface area contributed by atoms with Crippen molar-refractivity contribution in [2.75, 3.05) is 10.2 Å². The third kappa shape index (κ3) is 2.05. The molecule has 2 rings (SSSR count). The molecule has 1 saturated heterocycles. The zero-order valence-electron chi connectivity index (χ0n) is 9.39. The molecule has 92 valence electrons. The summed E-state index contributed by atoms with van der Waals surface area (Å²) in [5, 5.41) is 4.40. The highest BCUT2D eigenvalue weighted by Gasteiger charge is 2.38. The fourth-order valence-corrected chi connectivity index (χ4v) is 1.56. The highest BCUT2D eigenvalue weighted by molar-refractivity contribution is 6.53. The van der Waals surface area contributed by atoms with Crippen molar-refractivity contribution >= 4 is 35.1 Å². The number of carbonyl (C=O) groups is 4. The number of hydrogen-bond acceptors (Lipinski definition) is 4. The van der Waals surface area contributed by atoms with E-state index < -0.39 is 17.8 Å². The predicted molar refractivity (Wildman–Crippen MR) is 61.8 cm³/mol. The Bertz CT molecular complexity index is 567. The molecule has 1 aliphatic rings. The lowest BCUT2D eigenvalue weighted by Crippen LogP contribution is -2.30. The lowest BCUT2D eigenvalue weighted by Gasteiger charge is -2.12. The van der Waals surface area contributed by atoms with Gasteiger partial charge in [0.2, 0.25) is 5.91 Å². The second-order valence-corrected chi connectivity index (χ2v) is 3.63. The van der Waals surface area contributed by atoms with Gasteiger partial charge in [-0.25, -0.2) is 9.69 Å².